The average Bonchev–Trinajstić information content (AvgIpc) is 2.64. The Morgan fingerprint density at radius 1 is 1.15 bits per heavy atom. The third-order valence-corrected chi connectivity index (χ3v) is 5.76. The van der Waals surface area contributed by atoms with Crippen LogP contribution in [0.2, 0.25) is 0 Å². The predicted molar refractivity (Wildman–Crippen MR) is 102 cm³/mol. The number of amides is 2. The van der Waals surface area contributed by atoms with Gasteiger partial charge in [-0.1, -0.05) is 32.0 Å². The summed E-state index contributed by atoms with van der Waals surface area (Å²) >= 11 is 0. The molecular formula is C21H28N2O4. The lowest BCUT2D eigenvalue weighted by atomic mass is 9.80. The van der Waals surface area contributed by atoms with Crippen LogP contribution >= 0.6 is 0 Å². The third-order valence-electron chi connectivity index (χ3n) is 5.76. The largest absolute Gasteiger partial charge is 0.496 e. The SMILES string of the molecule is COc1ccccc1[C@H]1NC(=O)NC(C)=C1C(=O)O[C@H]1CC[C@H](C)[C@@H](C)C1. The Balaban J connectivity index is 1.87. The summed E-state index contributed by atoms with van der Waals surface area (Å²) in [5.74, 6) is 1.41. The maximum absolute atomic E-state index is 13.0. The van der Waals surface area contributed by atoms with E-state index in [-0.39, 0.29) is 18.1 Å². The molecule has 0 aromatic heterocycles. The summed E-state index contributed by atoms with van der Waals surface area (Å²) in [6, 6.07) is 6.41. The van der Waals surface area contributed by atoms with Gasteiger partial charge in [-0.05, 0) is 44.1 Å². The molecule has 0 bridgehead atoms. The Kier molecular flexibility index (Phi) is 5.73. The highest BCUT2D eigenvalue weighted by molar-refractivity contribution is 5.95. The number of rotatable bonds is 4. The molecule has 0 unspecified atom stereocenters. The van der Waals surface area contributed by atoms with Crippen molar-refractivity contribution in [2.45, 2.75) is 52.2 Å². The van der Waals surface area contributed by atoms with E-state index in [0.29, 0.717) is 28.9 Å². The van der Waals surface area contributed by atoms with Crippen molar-refractivity contribution < 1.29 is 19.1 Å². The number of urea groups is 1. The van der Waals surface area contributed by atoms with Crippen molar-refractivity contribution in [2.75, 3.05) is 7.11 Å². The van der Waals surface area contributed by atoms with Crippen LogP contribution in [0.25, 0.3) is 0 Å². The zero-order valence-electron chi connectivity index (χ0n) is 16.4. The first-order valence-corrected chi connectivity index (χ1v) is 9.52. The number of para-hydroxylation sites is 1. The molecule has 2 aliphatic rings. The number of methoxy groups -OCH3 is 1. The van der Waals surface area contributed by atoms with Gasteiger partial charge >= 0.3 is 12.0 Å². The first-order chi connectivity index (χ1) is 12.9. The summed E-state index contributed by atoms with van der Waals surface area (Å²) in [5.41, 5.74) is 1.66. The van der Waals surface area contributed by atoms with Crippen molar-refractivity contribution in [1.82, 2.24) is 10.6 Å². The Hall–Kier alpha value is -2.50. The Morgan fingerprint density at radius 2 is 1.89 bits per heavy atom. The fourth-order valence-electron chi connectivity index (χ4n) is 3.92. The van der Waals surface area contributed by atoms with E-state index in [1.54, 1.807) is 14.0 Å². The highest BCUT2D eigenvalue weighted by Gasteiger charge is 2.36. The number of carbonyl (C=O) groups is 2. The second-order valence-corrected chi connectivity index (χ2v) is 7.61. The number of allylic oxidation sites excluding steroid dienone is 1. The van der Waals surface area contributed by atoms with Crippen molar-refractivity contribution in [1.29, 1.82) is 0 Å². The average molecular weight is 372 g/mol. The number of hydrogen-bond acceptors (Lipinski definition) is 4. The molecule has 6 heteroatoms. The van der Waals surface area contributed by atoms with E-state index in [9.17, 15) is 9.59 Å². The molecule has 2 amide bonds. The maximum atomic E-state index is 13.0. The summed E-state index contributed by atoms with van der Waals surface area (Å²) in [7, 11) is 1.57. The second-order valence-electron chi connectivity index (χ2n) is 7.61. The lowest BCUT2D eigenvalue weighted by Crippen LogP contribution is -2.46. The molecular weight excluding hydrogens is 344 g/mol. The van der Waals surface area contributed by atoms with Crippen LogP contribution in [0.3, 0.4) is 0 Å². The molecule has 1 heterocycles. The lowest BCUT2D eigenvalue weighted by molar-refractivity contribution is -0.147. The van der Waals surface area contributed by atoms with Crippen molar-refractivity contribution in [3.63, 3.8) is 0 Å². The summed E-state index contributed by atoms with van der Waals surface area (Å²) < 4.78 is 11.3. The number of carbonyl (C=O) groups excluding carboxylic acids is 2. The molecule has 4 atom stereocenters. The topological polar surface area (TPSA) is 76.7 Å². The van der Waals surface area contributed by atoms with Gasteiger partial charge in [0.2, 0.25) is 0 Å². The molecule has 2 N–H and O–H groups in total. The van der Waals surface area contributed by atoms with Gasteiger partial charge in [0.25, 0.3) is 0 Å². The van der Waals surface area contributed by atoms with Gasteiger partial charge in [-0.15, -0.1) is 0 Å². The van der Waals surface area contributed by atoms with Crippen molar-refractivity contribution in [3.8, 4) is 5.75 Å². The van der Waals surface area contributed by atoms with Gasteiger partial charge in [-0.25, -0.2) is 9.59 Å². The van der Waals surface area contributed by atoms with Gasteiger partial charge in [0.1, 0.15) is 11.9 Å². The van der Waals surface area contributed by atoms with Gasteiger partial charge in [0.15, 0.2) is 0 Å². The van der Waals surface area contributed by atoms with Gasteiger partial charge in [0, 0.05) is 11.3 Å². The smallest absolute Gasteiger partial charge is 0.338 e. The first-order valence-electron chi connectivity index (χ1n) is 9.52. The van der Waals surface area contributed by atoms with E-state index in [1.165, 1.54) is 0 Å². The van der Waals surface area contributed by atoms with Crippen LogP contribution in [-0.2, 0) is 9.53 Å². The Morgan fingerprint density at radius 3 is 2.59 bits per heavy atom. The summed E-state index contributed by atoms with van der Waals surface area (Å²) in [5, 5.41) is 5.52. The van der Waals surface area contributed by atoms with Crippen molar-refractivity contribution in [2.24, 2.45) is 11.8 Å². The van der Waals surface area contributed by atoms with E-state index >= 15 is 0 Å². The van der Waals surface area contributed by atoms with Gasteiger partial charge < -0.3 is 20.1 Å². The second kappa shape index (κ2) is 8.03. The minimum Gasteiger partial charge on any atom is -0.496 e. The van der Waals surface area contributed by atoms with Crippen LogP contribution in [0.4, 0.5) is 4.79 Å². The highest BCUT2D eigenvalue weighted by Crippen LogP contribution is 2.35. The molecule has 1 aliphatic heterocycles. The molecule has 27 heavy (non-hydrogen) atoms. The number of benzene rings is 1. The van der Waals surface area contributed by atoms with Crippen molar-refractivity contribution >= 4 is 12.0 Å². The van der Waals surface area contributed by atoms with Gasteiger partial charge in [-0.2, -0.15) is 0 Å². The van der Waals surface area contributed by atoms with E-state index in [0.717, 1.165) is 24.8 Å². The minimum atomic E-state index is -0.609. The quantitative estimate of drug-likeness (QED) is 0.790. The van der Waals surface area contributed by atoms with Crippen LogP contribution in [0.1, 0.15) is 51.6 Å². The molecule has 0 saturated heterocycles. The molecule has 1 aromatic rings. The first kappa shape index (κ1) is 19.3. The predicted octanol–water partition coefficient (Wildman–Crippen LogP) is 3.69. The molecule has 0 spiro atoms. The molecule has 1 aliphatic carbocycles. The minimum absolute atomic E-state index is 0.0834. The molecule has 0 radical (unpaired) electrons. The van der Waals surface area contributed by atoms with Crippen LogP contribution in [-0.4, -0.2) is 25.2 Å². The van der Waals surface area contributed by atoms with Gasteiger partial charge in [0.05, 0.1) is 18.7 Å². The van der Waals surface area contributed by atoms with Gasteiger partial charge in [-0.3, -0.25) is 0 Å². The molecule has 6 nitrogen and oxygen atoms in total. The monoisotopic (exact) mass is 372 g/mol. The fourth-order valence-corrected chi connectivity index (χ4v) is 3.92. The molecule has 1 aromatic carbocycles. The summed E-state index contributed by atoms with van der Waals surface area (Å²) in [6.07, 6.45) is 2.73. The molecule has 3 rings (SSSR count). The van der Waals surface area contributed by atoms with Crippen LogP contribution < -0.4 is 15.4 Å². The van der Waals surface area contributed by atoms with E-state index < -0.39 is 6.04 Å². The maximum Gasteiger partial charge on any atom is 0.338 e. The number of hydrogen-bond donors (Lipinski definition) is 2. The van der Waals surface area contributed by atoms with E-state index in [4.69, 9.17) is 9.47 Å². The van der Waals surface area contributed by atoms with E-state index in [1.807, 2.05) is 24.3 Å². The third kappa shape index (κ3) is 4.10. The molecule has 146 valence electrons. The highest BCUT2D eigenvalue weighted by atomic mass is 16.5. The standard InChI is InChI=1S/C21H28N2O4/c1-12-9-10-15(11-13(12)2)27-20(24)18-14(3)22-21(25)23-19(18)16-7-5-6-8-17(16)26-4/h5-8,12-13,15,19H,9-11H2,1-4H3,(H2,22,23,25)/t12-,13-,15-,19+/m0/s1. The fraction of sp³-hybridized carbons (Fsp3) is 0.524. The normalized spacial score (nSPS) is 28.2. The van der Waals surface area contributed by atoms with Crippen LogP contribution in [0.15, 0.2) is 35.5 Å². The lowest BCUT2D eigenvalue weighted by Gasteiger charge is -2.33. The molecule has 1 fully saturated rings. The Bertz CT molecular complexity index is 758. The molecule has 1 saturated carbocycles. The van der Waals surface area contributed by atoms with Crippen molar-refractivity contribution in [3.05, 3.63) is 41.1 Å². The van der Waals surface area contributed by atoms with Crippen LogP contribution in [0.5, 0.6) is 5.75 Å². The summed E-state index contributed by atoms with van der Waals surface area (Å²) in [4.78, 5) is 25.1. The number of nitrogens with one attached hydrogen (secondary N) is 2. The van der Waals surface area contributed by atoms with Crippen LogP contribution in [0, 0.1) is 11.8 Å². The Labute approximate surface area is 160 Å². The number of ether oxygens (including phenoxy) is 2. The van der Waals surface area contributed by atoms with E-state index in [2.05, 4.69) is 24.5 Å². The zero-order valence-corrected chi connectivity index (χ0v) is 16.4. The zero-order chi connectivity index (χ0) is 19.6. The number of esters is 1. The summed E-state index contributed by atoms with van der Waals surface area (Å²) in [6.45, 7) is 6.17.